The lowest BCUT2D eigenvalue weighted by atomic mass is 10.1. The van der Waals surface area contributed by atoms with E-state index in [4.69, 9.17) is 0 Å². The summed E-state index contributed by atoms with van der Waals surface area (Å²) in [7, 11) is 0. The summed E-state index contributed by atoms with van der Waals surface area (Å²) in [6, 6.07) is 3.40. The van der Waals surface area contributed by atoms with Crippen molar-refractivity contribution in [2.24, 2.45) is 0 Å². The molecule has 0 aromatic heterocycles. The van der Waals surface area contributed by atoms with Crippen LogP contribution in [-0.4, -0.2) is 31.1 Å². The van der Waals surface area contributed by atoms with E-state index in [1.54, 1.807) is 0 Å². The number of likely N-dealkylation sites (N-methyl/N-ethyl adjacent to an activating group) is 1. The van der Waals surface area contributed by atoms with Crippen molar-refractivity contribution < 1.29 is 8.78 Å². The van der Waals surface area contributed by atoms with Gasteiger partial charge in [0.25, 0.3) is 0 Å². The van der Waals surface area contributed by atoms with Gasteiger partial charge < -0.3 is 10.2 Å². The van der Waals surface area contributed by atoms with Gasteiger partial charge in [0.2, 0.25) is 0 Å². The molecule has 0 amide bonds. The van der Waals surface area contributed by atoms with Crippen LogP contribution in [0.3, 0.4) is 0 Å². The largest absolute Gasteiger partial charge is 0.309 e. The van der Waals surface area contributed by atoms with Gasteiger partial charge in [-0.2, -0.15) is 0 Å². The van der Waals surface area contributed by atoms with E-state index < -0.39 is 5.82 Å². The summed E-state index contributed by atoms with van der Waals surface area (Å²) in [4.78, 5) is 2.33. The highest BCUT2D eigenvalue weighted by Gasteiger charge is 2.11. The van der Waals surface area contributed by atoms with Gasteiger partial charge in [0, 0.05) is 24.7 Å². The second-order valence-corrected chi connectivity index (χ2v) is 4.78. The van der Waals surface area contributed by atoms with Crippen LogP contribution in [0.2, 0.25) is 0 Å². The molecule has 0 aliphatic rings. The van der Waals surface area contributed by atoms with Crippen LogP contribution in [-0.2, 0) is 0 Å². The Labute approximate surface area is 114 Å². The highest BCUT2D eigenvalue weighted by atomic mass is 19.1. The number of hydrogen-bond acceptors (Lipinski definition) is 2. The summed E-state index contributed by atoms with van der Waals surface area (Å²) >= 11 is 0. The molecule has 0 aliphatic heterocycles. The first-order valence-electron chi connectivity index (χ1n) is 6.99. The summed E-state index contributed by atoms with van der Waals surface area (Å²) in [6.45, 7) is 9.91. The zero-order valence-electron chi connectivity index (χ0n) is 12.0. The number of nitrogens with zero attached hydrogens (tertiary/aromatic N) is 1. The average molecular weight is 270 g/mol. The maximum absolute atomic E-state index is 13.6. The Bertz CT molecular complexity index is 382. The third kappa shape index (κ3) is 5.25. The molecule has 19 heavy (non-hydrogen) atoms. The fourth-order valence-corrected chi connectivity index (χ4v) is 2.14. The maximum Gasteiger partial charge on any atom is 0.128 e. The fourth-order valence-electron chi connectivity index (χ4n) is 2.14. The molecule has 1 aromatic rings. The van der Waals surface area contributed by atoms with Crippen LogP contribution in [0.1, 0.15) is 38.8 Å². The minimum Gasteiger partial charge on any atom is -0.309 e. The van der Waals surface area contributed by atoms with Gasteiger partial charge in [0.1, 0.15) is 11.6 Å². The van der Waals surface area contributed by atoms with Gasteiger partial charge >= 0.3 is 0 Å². The van der Waals surface area contributed by atoms with Crippen LogP contribution in [0, 0.1) is 11.6 Å². The molecule has 0 bridgehead atoms. The van der Waals surface area contributed by atoms with Crippen molar-refractivity contribution in [3.05, 3.63) is 35.4 Å². The van der Waals surface area contributed by atoms with Crippen LogP contribution >= 0.6 is 0 Å². The molecule has 1 atom stereocenters. The maximum atomic E-state index is 13.6. The highest BCUT2D eigenvalue weighted by molar-refractivity contribution is 5.21. The number of nitrogens with one attached hydrogen (secondary N) is 1. The van der Waals surface area contributed by atoms with Gasteiger partial charge in [-0.25, -0.2) is 8.78 Å². The Kier molecular flexibility index (Phi) is 6.95. The Morgan fingerprint density at radius 2 is 1.95 bits per heavy atom. The van der Waals surface area contributed by atoms with E-state index in [2.05, 4.69) is 24.1 Å². The molecule has 0 saturated heterocycles. The van der Waals surface area contributed by atoms with E-state index in [0.717, 1.165) is 38.7 Å². The normalized spacial score (nSPS) is 12.9. The Morgan fingerprint density at radius 1 is 1.21 bits per heavy atom. The second-order valence-electron chi connectivity index (χ2n) is 4.78. The summed E-state index contributed by atoms with van der Waals surface area (Å²) < 4.78 is 26.7. The first-order chi connectivity index (χ1) is 9.08. The van der Waals surface area contributed by atoms with Crippen LogP contribution in [0.4, 0.5) is 8.78 Å². The van der Waals surface area contributed by atoms with Crippen molar-refractivity contribution in [3.8, 4) is 0 Å². The van der Waals surface area contributed by atoms with E-state index >= 15 is 0 Å². The smallest absolute Gasteiger partial charge is 0.128 e. The SMILES string of the molecule is CCCN(CC)CCNC(C)c1cc(F)ccc1F. The third-order valence-corrected chi connectivity index (χ3v) is 3.29. The quantitative estimate of drug-likeness (QED) is 0.779. The minimum atomic E-state index is -0.397. The first kappa shape index (κ1) is 16.1. The number of rotatable bonds is 8. The van der Waals surface area contributed by atoms with Crippen LogP contribution in [0.25, 0.3) is 0 Å². The zero-order chi connectivity index (χ0) is 14.3. The number of hydrogen-bond donors (Lipinski definition) is 1. The summed E-state index contributed by atoms with van der Waals surface area (Å²) in [5.41, 5.74) is 0.388. The highest BCUT2D eigenvalue weighted by Crippen LogP contribution is 2.17. The van der Waals surface area contributed by atoms with Crippen LogP contribution in [0.15, 0.2) is 18.2 Å². The van der Waals surface area contributed by atoms with Gasteiger partial charge in [-0.1, -0.05) is 13.8 Å². The van der Waals surface area contributed by atoms with Gasteiger partial charge in [0.05, 0.1) is 0 Å². The zero-order valence-corrected chi connectivity index (χ0v) is 12.0. The van der Waals surface area contributed by atoms with E-state index in [0.29, 0.717) is 5.56 Å². The van der Waals surface area contributed by atoms with Crippen LogP contribution in [0.5, 0.6) is 0 Å². The van der Waals surface area contributed by atoms with Crippen molar-refractivity contribution >= 4 is 0 Å². The molecule has 0 spiro atoms. The van der Waals surface area contributed by atoms with Crippen molar-refractivity contribution in [2.45, 2.75) is 33.2 Å². The molecular weight excluding hydrogens is 246 g/mol. The van der Waals surface area contributed by atoms with Gasteiger partial charge in [-0.15, -0.1) is 0 Å². The van der Waals surface area contributed by atoms with E-state index in [9.17, 15) is 8.78 Å². The monoisotopic (exact) mass is 270 g/mol. The molecular formula is C15H24F2N2. The molecule has 0 fully saturated rings. The fraction of sp³-hybridized carbons (Fsp3) is 0.600. The minimum absolute atomic E-state index is 0.184. The number of halogens is 2. The van der Waals surface area contributed by atoms with Gasteiger partial charge in [-0.05, 0) is 44.6 Å². The molecule has 4 heteroatoms. The lowest BCUT2D eigenvalue weighted by Gasteiger charge is -2.21. The van der Waals surface area contributed by atoms with Gasteiger partial charge in [0.15, 0.2) is 0 Å². The summed E-state index contributed by atoms with van der Waals surface area (Å²) in [5.74, 6) is -0.756. The Balaban J connectivity index is 2.46. The van der Waals surface area contributed by atoms with Crippen molar-refractivity contribution in [1.82, 2.24) is 10.2 Å². The third-order valence-electron chi connectivity index (χ3n) is 3.29. The first-order valence-corrected chi connectivity index (χ1v) is 6.99. The van der Waals surface area contributed by atoms with Crippen LogP contribution < -0.4 is 5.32 Å². The number of benzene rings is 1. The van der Waals surface area contributed by atoms with Crippen molar-refractivity contribution in [1.29, 1.82) is 0 Å². The Hall–Kier alpha value is -1.00. The molecule has 108 valence electrons. The standard InChI is InChI=1S/C15H24F2N2/c1-4-9-19(5-2)10-8-18-12(3)14-11-13(16)6-7-15(14)17/h6-7,11-12,18H,4-5,8-10H2,1-3H3. The van der Waals surface area contributed by atoms with Crippen molar-refractivity contribution in [2.75, 3.05) is 26.2 Å². The molecule has 0 aliphatic carbocycles. The summed E-state index contributed by atoms with van der Waals surface area (Å²) in [5, 5.41) is 3.24. The molecule has 1 rings (SSSR count). The van der Waals surface area contributed by atoms with Crippen molar-refractivity contribution in [3.63, 3.8) is 0 Å². The predicted octanol–water partition coefficient (Wildman–Crippen LogP) is 3.35. The summed E-state index contributed by atoms with van der Waals surface area (Å²) in [6.07, 6.45) is 1.13. The lowest BCUT2D eigenvalue weighted by molar-refractivity contribution is 0.283. The molecule has 1 aromatic carbocycles. The van der Waals surface area contributed by atoms with E-state index in [1.165, 1.54) is 12.1 Å². The van der Waals surface area contributed by atoms with Gasteiger partial charge in [-0.3, -0.25) is 0 Å². The molecule has 1 unspecified atom stereocenters. The molecule has 0 saturated carbocycles. The molecule has 0 radical (unpaired) electrons. The lowest BCUT2D eigenvalue weighted by Crippen LogP contribution is -2.33. The second kappa shape index (κ2) is 8.23. The molecule has 2 nitrogen and oxygen atoms in total. The molecule has 0 heterocycles. The van der Waals surface area contributed by atoms with E-state index in [1.807, 2.05) is 6.92 Å². The predicted molar refractivity (Wildman–Crippen MR) is 75.2 cm³/mol. The van der Waals surface area contributed by atoms with E-state index in [-0.39, 0.29) is 11.9 Å². The Morgan fingerprint density at radius 3 is 2.58 bits per heavy atom. The topological polar surface area (TPSA) is 15.3 Å². The molecule has 1 N–H and O–H groups in total. The average Bonchev–Trinajstić information content (AvgIpc) is 2.40.